The highest BCUT2D eigenvalue weighted by molar-refractivity contribution is 7.88. The molecular weight excluding hydrogens is 362 g/mol. The molecule has 1 saturated heterocycles. The van der Waals surface area contributed by atoms with Crippen molar-refractivity contribution in [3.8, 4) is 11.3 Å². The van der Waals surface area contributed by atoms with Gasteiger partial charge in [-0.25, -0.2) is 22.7 Å². The predicted octanol–water partition coefficient (Wildman–Crippen LogP) is 2.48. The summed E-state index contributed by atoms with van der Waals surface area (Å²) >= 11 is 0. The lowest BCUT2D eigenvalue weighted by molar-refractivity contribution is 0.210. The molecule has 0 bridgehead atoms. The third-order valence-corrected chi connectivity index (χ3v) is 6.33. The molecule has 4 rings (SSSR count). The first-order chi connectivity index (χ1) is 12.9. The number of rotatable bonds is 4. The minimum absolute atomic E-state index is 0.237. The average molecular weight is 385 g/mol. The first kappa shape index (κ1) is 18.1. The molecule has 0 aliphatic carbocycles. The van der Waals surface area contributed by atoms with Crippen molar-refractivity contribution in [2.45, 2.75) is 19.8 Å². The highest BCUT2D eigenvalue weighted by atomic mass is 32.2. The Morgan fingerprint density at radius 3 is 2.93 bits per heavy atom. The SMILES string of the molecule is C[C@H]1C[C@H](Cc2ncccc2-c2cnc3[nH]ccc3n2)CN(S(C)(=O)=O)C1. The molecule has 7 nitrogen and oxygen atoms in total. The average Bonchev–Trinajstić information content (AvgIpc) is 3.08. The second-order valence-electron chi connectivity index (χ2n) is 7.46. The van der Waals surface area contributed by atoms with Crippen molar-refractivity contribution in [1.82, 2.24) is 24.2 Å². The van der Waals surface area contributed by atoms with Crippen LogP contribution in [0.25, 0.3) is 22.4 Å². The number of fused-ring (bicyclic) bond motifs is 1. The molecule has 1 aliphatic heterocycles. The van der Waals surface area contributed by atoms with E-state index < -0.39 is 10.0 Å². The number of nitrogens with zero attached hydrogens (tertiary/aromatic N) is 4. The number of aromatic amines is 1. The second-order valence-corrected chi connectivity index (χ2v) is 9.44. The van der Waals surface area contributed by atoms with Gasteiger partial charge in [0.1, 0.15) is 5.52 Å². The fourth-order valence-corrected chi connectivity index (χ4v) is 4.92. The lowest BCUT2D eigenvalue weighted by atomic mass is 9.87. The number of pyridine rings is 1. The van der Waals surface area contributed by atoms with Crippen LogP contribution < -0.4 is 0 Å². The van der Waals surface area contributed by atoms with Crippen LogP contribution in [0.2, 0.25) is 0 Å². The fourth-order valence-electron chi connectivity index (χ4n) is 3.91. The van der Waals surface area contributed by atoms with Gasteiger partial charge in [0.25, 0.3) is 0 Å². The van der Waals surface area contributed by atoms with Crippen molar-refractivity contribution in [1.29, 1.82) is 0 Å². The van der Waals surface area contributed by atoms with Gasteiger partial charge in [0, 0.05) is 31.0 Å². The molecule has 142 valence electrons. The topological polar surface area (TPSA) is 91.8 Å². The van der Waals surface area contributed by atoms with Crippen LogP contribution in [0, 0.1) is 11.8 Å². The summed E-state index contributed by atoms with van der Waals surface area (Å²) in [5, 5.41) is 0. The third kappa shape index (κ3) is 3.86. The Morgan fingerprint density at radius 1 is 1.26 bits per heavy atom. The van der Waals surface area contributed by atoms with E-state index in [1.54, 1.807) is 16.7 Å². The van der Waals surface area contributed by atoms with Crippen LogP contribution in [-0.2, 0) is 16.4 Å². The zero-order chi connectivity index (χ0) is 19.0. The maximum atomic E-state index is 12.0. The van der Waals surface area contributed by atoms with Crippen LogP contribution in [-0.4, -0.2) is 52.0 Å². The number of piperidine rings is 1. The minimum Gasteiger partial charge on any atom is -0.345 e. The van der Waals surface area contributed by atoms with Gasteiger partial charge in [-0.05, 0) is 42.9 Å². The van der Waals surface area contributed by atoms with Gasteiger partial charge >= 0.3 is 0 Å². The predicted molar refractivity (Wildman–Crippen MR) is 105 cm³/mol. The molecule has 0 aromatic carbocycles. The molecular formula is C19H23N5O2S. The van der Waals surface area contributed by atoms with Crippen LogP contribution in [0.5, 0.6) is 0 Å². The molecule has 27 heavy (non-hydrogen) atoms. The molecule has 1 fully saturated rings. The van der Waals surface area contributed by atoms with E-state index in [9.17, 15) is 8.42 Å². The van der Waals surface area contributed by atoms with Crippen molar-refractivity contribution in [3.05, 3.63) is 42.5 Å². The standard InChI is InChI=1S/C19H23N5O2S/c1-13-8-14(12-24(11-13)27(2,25)26)9-17-15(4-3-6-20-17)18-10-22-19-16(23-18)5-7-21-19/h3-7,10,13-14H,8-9,11-12H2,1-2H3,(H,21,22)/t13-,14+/m0/s1. The Morgan fingerprint density at radius 2 is 2.11 bits per heavy atom. The summed E-state index contributed by atoms with van der Waals surface area (Å²) in [5.74, 6) is 0.572. The number of nitrogens with one attached hydrogen (secondary N) is 1. The molecule has 0 unspecified atom stereocenters. The maximum absolute atomic E-state index is 12.0. The minimum atomic E-state index is -3.18. The Balaban J connectivity index is 1.63. The van der Waals surface area contributed by atoms with E-state index in [0.717, 1.165) is 41.0 Å². The second kappa shape index (κ2) is 7.01. The number of aromatic nitrogens is 4. The molecule has 0 amide bonds. The quantitative estimate of drug-likeness (QED) is 0.745. The van der Waals surface area contributed by atoms with Crippen molar-refractivity contribution in [2.75, 3.05) is 19.3 Å². The van der Waals surface area contributed by atoms with Crippen LogP contribution in [0.4, 0.5) is 0 Å². The zero-order valence-electron chi connectivity index (χ0n) is 15.5. The number of hydrogen-bond donors (Lipinski definition) is 1. The van der Waals surface area contributed by atoms with Crippen LogP contribution in [0.3, 0.4) is 0 Å². The zero-order valence-corrected chi connectivity index (χ0v) is 16.3. The van der Waals surface area contributed by atoms with Crippen molar-refractivity contribution in [2.24, 2.45) is 11.8 Å². The molecule has 3 aromatic rings. The lowest BCUT2D eigenvalue weighted by Gasteiger charge is -2.35. The molecule has 1 N–H and O–H groups in total. The van der Waals surface area contributed by atoms with E-state index in [4.69, 9.17) is 0 Å². The summed E-state index contributed by atoms with van der Waals surface area (Å²) < 4.78 is 25.6. The van der Waals surface area contributed by atoms with E-state index in [0.29, 0.717) is 19.0 Å². The van der Waals surface area contributed by atoms with Gasteiger partial charge in [0.2, 0.25) is 10.0 Å². The first-order valence-electron chi connectivity index (χ1n) is 9.09. The summed E-state index contributed by atoms with van der Waals surface area (Å²) in [6.45, 7) is 3.25. The van der Waals surface area contributed by atoms with E-state index in [2.05, 4.69) is 26.9 Å². The summed E-state index contributed by atoms with van der Waals surface area (Å²) in [6, 6.07) is 5.80. The number of sulfonamides is 1. The van der Waals surface area contributed by atoms with Crippen molar-refractivity contribution < 1.29 is 8.42 Å². The lowest BCUT2D eigenvalue weighted by Crippen LogP contribution is -2.43. The van der Waals surface area contributed by atoms with Crippen LogP contribution in [0.15, 0.2) is 36.8 Å². The van der Waals surface area contributed by atoms with Crippen LogP contribution >= 0.6 is 0 Å². The van der Waals surface area contributed by atoms with Crippen molar-refractivity contribution >= 4 is 21.2 Å². The largest absolute Gasteiger partial charge is 0.345 e. The smallest absolute Gasteiger partial charge is 0.211 e. The Labute approximate surface area is 158 Å². The highest BCUT2D eigenvalue weighted by Crippen LogP contribution is 2.29. The molecule has 0 saturated carbocycles. The summed E-state index contributed by atoms with van der Waals surface area (Å²) in [6.07, 6.45) is 8.36. The Kier molecular flexibility index (Phi) is 4.69. The molecule has 2 atom stereocenters. The van der Waals surface area contributed by atoms with E-state index in [1.807, 2.05) is 24.4 Å². The molecule has 0 radical (unpaired) electrons. The first-order valence-corrected chi connectivity index (χ1v) is 10.9. The summed E-state index contributed by atoms with van der Waals surface area (Å²) in [4.78, 5) is 16.8. The maximum Gasteiger partial charge on any atom is 0.211 e. The number of hydrogen-bond acceptors (Lipinski definition) is 5. The van der Waals surface area contributed by atoms with Gasteiger partial charge in [-0.3, -0.25) is 4.98 Å². The van der Waals surface area contributed by atoms with Gasteiger partial charge < -0.3 is 4.98 Å². The molecule has 3 aromatic heterocycles. The third-order valence-electron chi connectivity index (χ3n) is 5.09. The van der Waals surface area contributed by atoms with Gasteiger partial charge in [-0.2, -0.15) is 0 Å². The Hall–Kier alpha value is -2.32. The number of H-pyrrole nitrogens is 1. The van der Waals surface area contributed by atoms with Crippen LogP contribution in [0.1, 0.15) is 19.0 Å². The fraction of sp³-hybridized carbons (Fsp3) is 0.421. The molecule has 8 heteroatoms. The van der Waals surface area contributed by atoms with E-state index >= 15 is 0 Å². The van der Waals surface area contributed by atoms with Gasteiger partial charge in [-0.15, -0.1) is 0 Å². The summed E-state index contributed by atoms with van der Waals surface area (Å²) in [5.41, 5.74) is 4.26. The van der Waals surface area contributed by atoms with E-state index in [1.165, 1.54) is 6.26 Å². The normalized spacial score (nSPS) is 21.6. The van der Waals surface area contributed by atoms with Gasteiger partial charge in [0.05, 0.1) is 23.8 Å². The summed E-state index contributed by atoms with van der Waals surface area (Å²) in [7, 11) is -3.18. The highest BCUT2D eigenvalue weighted by Gasteiger charge is 2.30. The van der Waals surface area contributed by atoms with Gasteiger partial charge in [0.15, 0.2) is 5.65 Å². The monoisotopic (exact) mass is 385 g/mol. The van der Waals surface area contributed by atoms with E-state index in [-0.39, 0.29) is 5.92 Å². The van der Waals surface area contributed by atoms with Crippen molar-refractivity contribution in [3.63, 3.8) is 0 Å². The molecule has 4 heterocycles. The molecule has 1 aliphatic rings. The van der Waals surface area contributed by atoms with Gasteiger partial charge in [-0.1, -0.05) is 6.92 Å². The molecule has 0 spiro atoms. The Bertz CT molecular complexity index is 1060.